The lowest BCUT2D eigenvalue weighted by atomic mass is 10.2. The van der Waals surface area contributed by atoms with Crippen molar-refractivity contribution in [2.24, 2.45) is 0 Å². The third-order valence-corrected chi connectivity index (χ3v) is 4.24. The summed E-state index contributed by atoms with van der Waals surface area (Å²) >= 11 is 0. The quantitative estimate of drug-likeness (QED) is 0.759. The zero-order chi connectivity index (χ0) is 15.3. The van der Waals surface area contributed by atoms with Crippen LogP contribution in [0, 0.1) is 11.6 Å². The van der Waals surface area contributed by atoms with E-state index in [2.05, 4.69) is 10.0 Å². The second-order valence-electron chi connectivity index (χ2n) is 4.79. The van der Waals surface area contributed by atoms with Gasteiger partial charge in [0.2, 0.25) is 10.0 Å². The topological polar surface area (TPSA) is 58.2 Å². The molecular weight excluding hydrogens is 286 g/mol. The summed E-state index contributed by atoms with van der Waals surface area (Å²) < 4.78 is 54.0. The molecule has 0 radical (unpaired) electrons. The van der Waals surface area contributed by atoms with Crippen LogP contribution in [-0.4, -0.2) is 21.0 Å². The van der Waals surface area contributed by atoms with E-state index < -0.39 is 26.6 Å². The molecule has 0 spiro atoms. The van der Waals surface area contributed by atoms with Crippen LogP contribution in [0.15, 0.2) is 17.0 Å². The van der Waals surface area contributed by atoms with Gasteiger partial charge in [-0.05, 0) is 38.9 Å². The molecular formula is C13H20F2N2O2S. The van der Waals surface area contributed by atoms with Gasteiger partial charge < -0.3 is 5.32 Å². The molecule has 0 aliphatic rings. The van der Waals surface area contributed by atoms with Crippen LogP contribution in [0.2, 0.25) is 0 Å². The van der Waals surface area contributed by atoms with E-state index >= 15 is 0 Å². The molecule has 1 aromatic carbocycles. The molecule has 1 aromatic rings. The zero-order valence-corrected chi connectivity index (χ0v) is 12.7. The van der Waals surface area contributed by atoms with Gasteiger partial charge in [0.1, 0.15) is 10.7 Å². The Morgan fingerprint density at radius 1 is 1.25 bits per heavy atom. The molecule has 0 atom stereocenters. The molecule has 4 nitrogen and oxygen atoms in total. The minimum Gasteiger partial charge on any atom is -0.312 e. The molecule has 2 N–H and O–H groups in total. The molecule has 0 bridgehead atoms. The van der Waals surface area contributed by atoms with Gasteiger partial charge in [-0.3, -0.25) is 0 Å². The predicted octanol–water partition coefficient (Wildman–Crippen LogP) is 2.15. The molecule has 0 aliphatic heterocycles. The molecule has 0 fully saturated rings. The van der Waals surface area contributed by atoms with Crippen LogP contribution in [-0.2, 0) is 16.6 Å². The molecule has 0 unspecified atom stereocenters. The normalized spacial score (nSPS) is 12.1. The Balaban J connectivity index is 3.14. The van der Waals surface area contributed by atoms with Gasteiger partial charge in [-0.25, -0.2) is 21.9 Å². The maximum Gasteiger partial charge on any atom is 0.243 e. The molecule has 0 saturated heterocycles. The Labute approximate surface area is 118 Å². The van der Waals surface area contributed by atoms with E-state index in [-0.39, 0.29) is 18.2 Å². The van der Waals surface area contributed by atoms with Crippen LogP contribution >= 0.6 is 0 Å². The number of hydrogen-bond acceptors (Lipinski definition) is 3. The Kier molecular flexibility index (Phi) is 6.04. The van der Waals surface area contributed by atoms with Gasteiger partial charge in [0.15, 0.2) is 5.82 Å². The van der Waals surface area contributed by atoms with E-state index in [1.807, 2.05) is 6.92 Å². The van der Waals surface area contributed by atoms with Crippen molar-refractivity contribution in [1.29, 1.82) is 0 Å². The summed E-state index contributed by atoms with van der Waals surface area (Å²) in [7, 11) is -3.98. The van der Waals surface area contributed by atoms with Gasteiger partial charge in [-0.15, -0.1) is 0 Å². The van der Waals surface area contributed by atoms with E-state index in [1.165, 1.54) is 0 Å². The van der Waals surface area contributed by atoms with E-state index in [0.29, 0.717) is 6.54 Å². The number of nitrogens with one attached hydrogen (secondary N) is 2. The van der Waals surface area contributed by atoms with Crippen LogP contribution in [0.3, 0.4) is 0 Å². The number of benzene rings is 1. The zero-order valence-electron chi connectivity index (χ0n) is 11.8. The first kappa shape index (κ1) is 17.0. The van der Waals surface area contributed by atoms with Gasteiger partial charge >= 0.3 is 0 Å². The van der Waals surface area contributed by atoms with Crippen LogP contribution in [0.1, 0.15) is 32.8 Å². The standard InChI is InChI=1S/C13H20F2N2O2S/c1-4-7-16-8-10-11(14)5-6-12(13(10)15)20(18,19)17-9(2)3/h5-6,9,16-17H,4,7-8H2,1-3H3. The molecule has 0 amide bonds. The van der Waals surface area contributed by atoms with E-state index in [0.717, 1.165) is 18.6 Å². The third kappa shape index (κ3) is 4.22. The van der Waals surface area contributed by atoms with Crippen LogP contribution in [0.4, 0.5) is 8.78 Å². The summed E-state index contributed by atoms with van der Waals surface area (Å²) in [6.45, 7) is 5.73. The second-order valence-corrected chi connectivity index (χ2v) is 6.47. The lowest BCUT2D eigenvalue weighted by Crippen LogP contribution is -2.31. The Morgan fingerprint density at radius 3 is 2.45 bits per heavy atom. The summed E-state index contributed by atoms with van der Waals surface area (Å²) in [6.07, 6.45) is 0.816. The summed E-state index contributed by atoms with van der Waals surface area (Å²) in [5, 5.41) is 2.86. The van der Waals surface area contributed by atoms with Crippen molar-refractivity contribution in [2.45, 2.75) is 44.7 Å². The van der Waals surface area contributed by atoms with Crippen LogP contribution < -0.4 is 10.0 Å². The fourth-order valence-corrected chi connectivity index (χ4v) is 3.06. The monoisotopic (exact) mass is 306 g/mol. The van der Waals surface area contributed by atoms with Crippen molar-refractivity contribution >= 4 is 10.0 Å². The maximum atomic E-state index is 14.2. The molecule has 1 rings (SSSR count). The lowest BCUT2D eigenvalue weighted by molar-refractivity contribution is 0.509. The lowest BCUT2D eigenvalue weighted by Gasteiger charge is -2.13. The van der Waals surface area contributed by atoms with E-state index in [1.54, 1.807) is 13.8 Å². The summed E-state index contributed by atoms with van der Waals surface area (Å²) in [5.41, 5.74) is -0.259. The van der Waals surface area contributed by atoms with Gasteiger partial charge in [-0.1, -0.05) is 6.92 Å². The highest BCUT2D eigenvalue weighted by Gasteiger charge is 2.23. The molecule has 0 aliphatic carbocycles. The Bertz CT molecular complexity index is 560. The highest BCUT2D eigenvalue weighted by Crippen LogP contribution is 2.21. The van der Waals surface area contributed by atoms with Crippen molar-refractivity contribution < 1.29 is 17.2 Å². The van der Waals surface area contributed by atoms with Gasteiger partial charge in [-0.2, -0.15) is 0 Å². The van der Waals surface area contributed by atoms with Gasteiger partial charge in [0.05, 0.1) is 0 Å². The van der Waals surface area contributed by atoms with Gasteiger partial charge in [0, 0.05) is 18.2 Å². The van der Waals surface area contributed by atoms with Crippen molar-refractivity contribution in [3.05, 3.63) is 29.3 Å². The molecule has 0 heterocycles. The summed E-state index contributed by atoms with van der Waals surface area (Å²) in [5.74, 6) is -1.80. The van der Waals surface area contributed by atoms with Crippen molar-refractivity contribution in [3.8, 4) is 0 Å². The predicted molar refractivity (Wildman–Crippen MR) is 73.8 cm³/mol. The fraction of sp³-hybridized carbons (Fsp3) is 0.538. The molecule has 114 valence electrons. The van der Waals surface area contributed by atoms with Crippen LogP contribution in [0.25, 0.3) is 0 Å². The fourth-order valence-electron chi connectivity index (χ4n) is 1.71. The average Bonchev–Trinajstić information content (AvgIpc) is 2.31. The van der Waals surface area contributed by atoms with E-state index in [4.69, 9.17) is 0 Å². The first-order valence-corrected chi connectivity index (χ1v) is 7.97. The number of hydrogen-bond donors (Lipinski definition) is 2. The number of sulfonamides is 1. The number of rotatable bonds is 7. The van der Waals surface area contributed by atoms with Crippen LogP contribution in [0.5, 0.6) is 0 Å². The first-order chi connectivity index (χ1) is 9.29. The largest absolute Gasteiger partial charge is 0.312 e. The van der Waals surface area contributed by atoms with Crippen molar-refractivity contribution in [1.82, 2.24) is 10.0 Å². The third-order valence-electron chi connectivity index (χ3n) is 2.56. The highest BCUT2D eigenvalue weighted by molar-refractivity contribution is 7.89. The highest BCUT2D eigenvalue weighted by atomic mass is 32.2. The maximum absolute atomic E-state index is 14.2. The number of halogens is 2. The average molecular weight is 306 g/mol. The van der Waals surface area contributed by atoms with Crippen molar-refractivity contribution in [2.75, 3.05) is 6.54 Å². The molecule has 7 heteroatoms. The second kappa shape index (κ2) is 7.10. The van der Waals surface area contributed by atoms with Gasteiger partial charge in [0.25, 0.3) is 0 Å². The Hall–Kier alpha value is -1.05. The summed E-state index contributed by atoms with van der Waals surface area (Å²) in [4.78, 5) is -0.527. The molecule has 20 heavy (non-hydrogen) atoms. The summed E-state index contributed by atoms with van der Waals surface area (Å²) in [6, 6.07) is 1.55. The minimum absolute atomic E-state index is 0.0451. The molecule has 0 aromatic heterocycles. The molecule has 0 saturated carbocycles. The SMILES string of the molecule is CCCNCc1c(F)ccc(S(=O)(=O)NC(C)C)c1F. The van der Waals surface area contributed by atoms with Crippen molar-refractivity contribution in [3.63, 3.8) is 0 Å². The minimum atomic E-state index is -3.98. The van der Waals surface area contributed by atoms with E-state index in [9.17, 15) is 17.2 Å². The first-order valence-electron chi connectivity index (χ1n) is 6.49. The smallest absolute Gasteiger partial charge is 0.243 e. The Morgan fingerprint density at radius 2 is 1.90 bits per heavy atom.